The van der Waals surface area contributed by atoms with Crippen LogP contribution in [0.15, 0.2) is 97.2 Å². The van der Waals surface area contributed by atoms with Crippen LogP contribution in [0.4, 0.5) is 0 Å². The molecule has 0 heterocycles. The van der Waals surface area contributed by atoms with Gasteiger partial charge in [0.2, 0.25) is 0 Å². The third-order valence-corrected chi connectivity index (χ3v) is 11.6. The van der Waals surface area contributed by atoms with E-state index in [9.17, 15) is 14.4 Å². The van der Waals surface area contributed by atoms with Crippen LogP contribution in [0.5, 0.6) is 0 Å². The molecule has 0 spiro atoms. The number of unbranched alkanes of at least 4 members (excludes halogenated alkanes) is 22. The molecule has 0 N–H and O–H groups in total. The van der Waals surface area contributed by atoms with Crippen molar-refractivity contribution >= 4 is 17.9 Å². The molecule has 0 aromatic heterocycles. The van der Waals surface area contributed by atoms with Gasteiger partial charge in [0, 0.05) is 19.3 Å². The number of allylic oxidation sites excluding steroid dienone is 16. The Morgan fingerprint density at radius 2 is 0.582 bits per heavy atom. The molecule has 382 valence electrons. The highest BCUT2D eigenvalue weighted by atomic mass is 16.6. The third kappa shape index (κ3) is 53.2. The molecule has 6 heteroatoms. The van der Waals surface area contributed by atoms with E-state index in [0.29, 0.717) is 19.3 Å². The van der Waals surface area contributed by atoms with E-state index in [4.69, 9.17) is 14.2 Å². The molecule has 0 saturated carbocycles. The maximum atomic E-state index is 12.8. The van der Waals surface area contributed by atoms with Crippen molar-refractivity contribution in [3.63, 3.8) is 0 Å². The first kappa shape index (κ1) is 63.3. The first-order chi connectivity index (χ1) is 33.0. The van der Waals surface area contributed by atoms with E-state index in [-0.39, 0.29) is 31.1 Å². The lowest BCUT2D eigenvalue weighted by molar-refractivity contribution is -0.167. The largest absolute Gasteiger partial charge is 0.462 e. The summed E-state index contributed by atoms with van der Waals surface area (Å²) in [5.41, 5.74) is 0. The van der Waals surface area contributed by atoms with Crippen molar-refractivity contribution in [1.82, 2.24) is 0 Å². The maximum absolute atomic E-state index is 12.8. The molecule has 0 aliphatic heterocycles. The quantitative estimate of drug-likeness (QED) is 0.0262. The van der Waals surface area contributed by atoms with Crippen LogP contribution in [0, 0.1) is 0 Å². The van der Waals surface area contributed by atoms with E-state index >= 15 is 0 Å². The van der Waals surface area contributed by atoms with Gasteiger partial charge in [-0.25, -0.2) is 0 Å². The maximum Gasteiger partial charge on any atom is 0.306 e. The average Bonchev–Trinajstić information content (AvgIpc) is 3.33. The van der Waals surface area contributed by atoms with Crippen molar-refractivity contribution in [2.45, 2.75) is 258 Å². The SMILES string of the molecule is CC/C=C\C/C=C\C/C=C\C/C=C\C/C=C\C/C=C\CCCCC(=O)OCC(COC(=O)CCCCCCCCCCCCC)OC(=O)CCCCCCCCC/C=C\C/C=C\CCCCC. The van der Waals surface area contributed by atoms with Gasteiger partial charge >= 0.3 is 17.9 Å². The summed E-state index contributed by atoms with van der Waals surface area (Å²) in [5, 5.41) is 0. The van der Waals surface area contributed by atoms with Gasteiger partial charge in [0.05, 0.1) is 0 Å². The Morgan fingerprint density at radius 3 is 0.970 bits per heavy atom. The number of ether oxygens (including phenoxy) is 3. The molecule has 0 amide bonds. The number of carbonyl (C=O) groups excluding carboxylic acids is 3. The molecule has 67 heavy (non-hydrogen) atoms. The Kier molecular flexibility index (Phi) is 51.9. The van der Waals surface area contributed by atoms with E-state index in [2.05, 4.69) is 118 Å². The van der Waals surface area contributed by atoms with Gasteiger partial charge in [-0.15, -0.1) is 0 Å². The molecular formula is C61H102O6. The highest BCUT2D eigenvalue weighted by Crippen LogP contribution is 2.14. The monoisotopic (exact) mass is 931 g/mol. The molecule has 0 aliphatic rings. The summed E-state index contributed by atoms with van der Waals surface area (Å²) in [4.78, 5) is 38.1. The molecule has 0 fully saturated rings. The fourth-order valence-corrected chi connectivity index (χ4v) is 7.42. The zero-order chi connectivity index (χ0) is 48.6. The molecule has 0 aromatic carbocycles. The average molecular weight is 931 g/mol. The predicted molar refractivity (Wildman–Crippen MR) is 288 cm³/mol. The lowest BCUT2D eigenvalue weighted by atomic mass is 10.1. The van der Waals surface area contributed by atoms with Gasteiger partial charge in [0.15, 0.2) is 6.10 Å². The van der Waals surface area contributed by atoms with Crippen LogP contribution in [-0.2, 0) is 28.6 Å². The second kappa shape index (κ2) is 54.9. The molecule has 0 saturated heterocycles. The van der Waals surface area contributed by atoms with Crippen molar-refractivity contribution in [2.75, 3.05) is 13.2 Å². The second-order valence-electron chi connectivity index (χ2n) is 18.1. The molecule has 1 unspecified atom stereocenters. The summed E-state index contributed by atoms with van der Waals surface area (Å²) >= 11 is 0. The van der Waals surface area contributed by atoms with Crippen LogP contribution in [-0.4, -0.2) is 37.2 Å². The van der Waals surface area contributed by atoms with Crippen LogP contribution < -0.4 is 0 Å². The normalized spacial score (nSPS) is 12.8. The van der Waals surface area contributed by atoms with E-state index in [1.807, 2.05) is 0 Å². The van der Waals surface area contributed by atoms with Gasteiger partial charge in [-0.1, -0.05) is 227 Å². The molecule has 0 radical (unpaired) electrons. The summed E-state index contributed by atoms with van der Waals surface area (Å²) in [5.74, 6) is -0.946. The topological polar surface area (TPSA) is 78.9 Å². The fraction of sp³-hybridized carbons (Fsp3) is 0.689. The highest BCUT2D eigenvalue weighted by molar-refractivity contribution is 5.71. The second-order valence-corrected chi connectivity index (χ2v) is 18.1. The Morgan fingerprint density at radius 1 is 0.313 bits per heavy atom. The van der Waals surface area contributed by atoms with Crippen LogP contribution in [0.2, 0.25) is 0 Å². The first-order valence-electron chi connectivity index (χ1n) is 27.7. The lowest BCUT2D eigenvalue weighted by Crippen LogP contribution is -2.30. The number of hydrogen-bond donors (Lipinski definition) is 0. The van der Waals surface area contributed by atoms with Gasteiger partial charge < -0.3 is 14.2 Å². The smallest absolute Gasteiger partial charge is 0.306 e. The van der Waals surface area contributed by atoms with Gasteiger partial charge in [-0.05, 0) is 103 Å². The highest BCUT2D eigenvalue weighted by Gasteiger charge is 2.19. The molecule has 6 nitrogen and oxygen atoms in total. The Labute approximate surface area is 413 Å². The Hall–Kier alpha value is -3.67. The van der Waals surface area contributed by atoms with Crippen LogP contribution in [0.3, 0.4) is 0 Å². The first-order valence-corrected chi connectivity index (χ1v) is 27.7. The molecule has 1 atom stereocenters. The van der Waals surface area contributed by atoms with E-state index in [1.165, 1.54) is 103 Å². The number of esters is 3. The van der Waals surface area contributed by atoms with Gasteiger partial charge in [-0.2, -0.15) is 0 Å². The summed E-state index contributed by atoms with van der Waals surface area (Å²) in [6.07, 6.45) is 72.5. The van der Waals surface area contributed by atoms with Crippen molar-refractivity contribution < 1.29 is 28.6 Å². The van der Waals surface area contributed by atoms with Gasteiger partial charge in [0.1, 0.15) is 13.2 Å². The van der Waals surface area contributed by atoms with Crippen LogP contribution >= 0.6 is 0 Å². The predicted octanol–water partition coefficient (Wildman–Crippen LogP) is 18.5. The fourth-order valence-electron chi connectivity index (χ4n) is 7.42. The molecule has 0 aliphatic carbocycles. The van der Waals surface area contributed by atoms with E-state index in [0.717, 1.165) is 109 Å². The van der Waals surface area contributed by atoms with Crippen molar-refractivity contribution in [2.24, 2.45) is 0 Å². The Bertz CT molecular complexity index is 1350. The molecular weight excluding hydrogens is 829 g/mol. The summed E-state index contributed by atoms with van der Waals surface area (Å²) < 4.78 is 16.8. The third-order valence-electron chi connectivity index (χ3n) is 11.6. The zero-order valence-corrected chi connectivity index (χ0v) is 43.6. The lowest BCUT2D eigenvalue weighted by Gasteiger charge is -2.18. The molecule has 0 bridgehead atoms. The van der Waals surface area contributed by atoms with Crippen molar-refractivity contribution in [3.05, 3.63) is 97.2 Å². The summed E-state index contributed by atoms with van der Waals surface area (Å²) in [6, 6.07) is 0. The van der Waals surface area contributed by atoms with Crippen molar-refractivity contribution in [1.29, 1.82) is 0 Å². The van der Waals surface area contributed by atoms with Gasteiger partial charge in [0.25, 0.3) is 0 Å². The number of rotatable bonds is 49. The molecule has 0 rings (SSSR count). The Balaban J connectivity index is 4.45. The summed E-state index contributed by atoms with van der Waals surface area (Å²) in [6.45, 7) is 6.45. The molecule has 0 aromatic rings. The van der Waals surface area contributed by atoms with Crippen LogP contribution in [0.25, 0.3) is 0 Å². The minimum absolute atomic E-state index is 0.0937. The summed E-state index contributed by atoms with van der Waals surface area (Å²) in [7, 11) is 0. The standard InChI is InChI=1S/C61H102O6/c1-4-7-10-13-16-19-22-24-26-28-29-30-31-33-34-36-39-42-45-48-51-54-60(63)66-57-58(56-65-59(62)53-50-47-44-41-38-21-18-15-12-9-6-3)67-61(64)55-52-49-46-43-40-37-35-32-27-25-23-20-17-14-11-8-5-2/h7,10,16-17,19-20,24-27,29-30,33-34,39,42,58H,4-6,8-9,11-15,18,21-23,28,31-32,35-38,40-41,43-57H2,1-3H3/b10-7-,19-16-,20-17-,26-24-,27-25-,30-29-,34-33-,42-39-. The van der Waals surface area contributed by atoms with Crippen molar-refractivity contribution in [3.8, 4) is 0 Å². The number of carbonyl (C=O) groups is 3. The van der Waals surface area contributed by atoms with Crippen LogP contribution in [0.1, 0.15) is 252 Å². The van der Waals surface area contributed by atoms with E-state index in [1.54, 1.807) is 0 Å². The van der Waals surface area contributed by atoms with E-state index < -0.39 is 6.10 Å². The number of hydrogen-bond acceptors (Lipinski definition) is 6. The minimum Gasteiger partial charge on any atom is -0.462 e. The minimum atomic E-state index is -0.799. The zero-order valence-electron chi connectivity index (χ0n) is 43.6. The van der Waals surface area contributed by atoms with Gasteiger partial charge in [-0.3, -0.25) is 14.4 Å².